The average Bonchev–Trinajstić information content (AvgIpc) is 1.85. The van der Waals surface area contributed by atoms with Gasteiger partial charge in [-0.3, -0.25) is 0 Å². The minimum absolute atomic E-state index is 0.542. The summed E-state index contributed by atoms with van der Waals surface area (Å²) in [6.07, 6.45) is 2.82. The maximum atomic E-state index is 10.0. The van der Waals surface area contributed by atoms with Gasteiger partial charge in [0, 0.05) is 6.42 Å². The van der Waals surface area contributed by atoms with Crippen molar-refractivity contribution in [3.63, 3.8) is 0 Å². The van der Waals surface area contributed by atoms with Crippen LogP contribution in [-0.2, 0) is 4.79 Å². The highest BCUT2D eigenvalue weighted by molar-refractivity contribution is 5.49. The lowest BCUT2D eigenvalue weighted by Gasteiger charge is -2.12. The molecule has 0 aliphatic heterocycles. The molecule has 2 heteroatoms. The average molecular weight is 143 g/mol. The molecule has 0 unspecified atom stereocenters. The van der Waals surface area contributed by atoms with Crippen LogP contribution in [0.15, 0.2) is 0 Å². The van der Waals surface area contributed by atoms with Gasteiger partial charge in [0.05, 0.1) is 0 Å². The normalized spacial score (nSPS) is 13.6. The molecule has 1 atom stereocenters. The van der Waals surface area contributed by atoms with Crippen molar-refractivity contribution in [1.29, 1.82) is 0 Å². The Morgan fingerprint density at radius 1 is 1.50 bits per heavy atom. The van der Waals surface area contributed by atoms with E-state index >= 15 is 0 Å². The first-order chi connectivity index (χ1) is 4.66. The van der Waals surface area contributed by atoms with Crippen molar-refractivity contribution in [2.24, 2.45) is 5.92 Å². The van der Waals surface area contributed by atoms with Gasteiger partial charge >= 0.3 is 0 Å². The molecule has 0 aromatic carbocycles. The lowest BCUT2D eigenvalue weighted by atomic mass is 10.1. The van der Waals surface area contributed by atoms with E-state index in [1.807, 2.05) is 14.1 Å². The second kappa shape index (κ2) is 5.42. The largest absolute Gasteiger partial charge is 0.309 e. The van der Waals surface area contributed by atoms with Gasteiger partial charge in [-0.2, -0.15) is 0 Å². The Morgan fingerprint density at radius 3 is 2.50 bits per heavy atom. The monoisotopic (exact) mass is 143 g/mol. The molecule has 0 aliphatic carbocycles. The van der Waals surface area contributed by atoms with E-state index in [4.69, 9.17) is 0 Å². The molecule has 10 heavy (non-hydrogen) atoms. The van der Waals surface area contributed by atoms with Crippen LogP contribution in [-0.4, -0.2) is 31.8 Å². The van der Waals surface area contributed by atoms with Crippen LogP contribution in [0.3, 0.4) is 0 Å². The highest BCUT2D eigenvalue weighted by Crippen LogP contribution is 2.04. The molecule has 0 aliphatic rings. The van der Waals surface area contributed by atoms with Gasteiger partial charge in [-0.15, -0.1) is 0 Å². The number of carbonyl (C=O) groups excluding carboxylic acids is 1. The van der Waals surface area contributed by atoms with Crippen LogP contribution in [0.1, 0.15) is 19.8 Å². The van der Waals surface area contributed by atoms with E-state index in [9.17, 15) is 4.79 Å². The summed E-state index contributed by atoms with van der Waals surface area (Å²) in [4.78, 5) is 12.2. The highest BCUT2D eigenvalue weighted by Gasteiger charge is 2.00. The number of hydrogen-bond donors (Lipinski definition) is 0. The minimum atomic E-state index is 0.542. The Balaban J connectivity index is 3.20. The summed E-state index contributed by atoms with van der Waals surface area (Å²) in [7, 11) is 4.10. The summed E-state index contributed by atoms with van der Waals surface area (Å²) in [6, 6.07) is 0. The van der Waals surface area contributed by atoms with Crippen LogP contribution < -0.4 is 0 Å². The fraction of sp³-hybridized carbons (Fsp3) is 0.875. The molecule has 0 amide bonds. The van der Waals surface area contributed by atoms with E-state index in [0.29, 0.717) is 12.3 Å². The molecule has 0 rings (SSSR count). The van der Waals surface area contributed by atoms with Gasteiger partial charge in [-0.1, -0.05) is 6.92 Å². The highest BCUT2D eigenvalue weighted by atomic mass is 16.1. The van der Waals surface area contributed by atoms with Crippen molar-refractivity contribution in [3.8, 4) is 0 Å². The van der Waals surface area contributed by atoms with E-state index in [0.717, 1.165) is 19.3 Å². The fourth-order valence-corrected chi connectivity index (χ4v) is 0.761. The molecule has 0 bridgehead atoms. The molecular weight excluding hydrogens is 126 g/mol. The third-order valence-corrected chi connectivity index (χ3v) is 1.57. The van der Waals surface area contributed by atoms with Crippen LogP contribution in [0.2, 0.25) is 0 Å². The lowest BCUT2D eigenvalue weighted by molar-refractivity contribution is -0.108. The summed E-state index contributed by atoms with van der Waals surface area (Å²) in [5.74, 6) is 0.542. The quantitative estimate of drug-likeness (QED) is 0.538. The van der Waals surface area contributed by atoms with Crippen LogP contribution >= 0.6 is 0 Å². The van der Waals surface area contributed by atoms with Gasteiger partial charge in [0.25, 0.3) is 0 Å². The van der Waals surface area contributed by atoms with Crippen molar-refractivity contribution in [1.82, 2.24) is 4.90 Å². The van der Waals surface area contributed by atoms with E-state index in [1.54, 1.807) is 0 Å². The molecule has 0 spiro atoms. The molecule has 0 radical (unpaired) electrons. The third-order valence-electron chi connectivity index (χ3n) is 1.57. The van der Waals surface area contributed by atoms with Crippen LogP contribution in [0.4, 0.5) is 0 Å². The van der Waals surface area contributed by atoms with Gasteiger partial charge in [-0.05, 0) is 33.0 Å². The molecule has 0 aromatic rings. The third kappa shape index (κ3) is 5.76. The van der Waals surface area contributed by atoms with Gasteiger partial charge < -0.3 is 9.69 Å². The molecule has 0 aromatic heterocycles. The number of aldehydes is 1. The Hall–Kier alpha value is -0.370. The molecule has 0 N–H and O–H groups in total. The first kappa shape index (κ1) is 9.63. The van der Waals surface area contributed by atoms with E-state index in [-0.39, 0.29) is 0 Å². The topological polar surface area (TPSA) is 20.3 Å². The van der Waals surface area contributed by atoms with Crippen molar-refractivity contribution in [3.05, 3.63) is 0 Å². The predicted octanol–water partition coefficient (Wildman–Crippen LogP) is 1.16. The fourth-order valence-electron chi connectivity index (χ4n) is 0.761. The number of nitrogens with zero attached hydrogens (tertiary/aromatic N) is 1. The molecule has 60 valence electrons. The summed E-state index contributed by atoms with van der Waals surface area (Å²) < 4.78 is 0. The van der Waals surface area contributed by atoms with Gasteiger partial charge in [0.2, 0.25) is 0 Å². The second-order valence-corrected chi connectivity index (χ2v) is 3.10. The van der Waals surface area contributed by atoms with E-state index in [2.05, 4.69) is 11.8 Å². The van der Waals surface area contributed by atoms with E-state index < -0.39 is 0 Å². The summed E-state index contributed by atoms with van der Waals surface area (Å²) in [5, 5.41) is 0. The van der Waals surface area contributed by atoms with Gasteiger partial charge in [0.1, 0.15) is 6.29 Å². The van der Waals surface area contributed by atoms with Crippen molar-refractivity contribution < 1.29 is 4.79 Å². The van der Waals surface area contributed by atoms with E-state index in [1.165, 1.54) is 0 Å². The zero-order valence-electron chi connectivity index (χ0n) is 7.13. The molecule has 0 heterocycles. The maximum Gasteiger partial charge on any atom is 0.120 e. The number of hydrogen-bond acceptors (Lipinski definition) is 2. The standard InChI is InChI=1S/C8H17NO/c1-8(5-7-10)4-6-9(2)3/h7-8H,4-6H2,1-3H3/t8-/m0/s1. The number of carbonyl (C=O) groups is 1. The van der Waals surface area contributed by atoms with Crippen LogP contribution in [0, 0.1) is 5.92 Å². The summed E-state index contributed by atoms with van der Waals surface area (Å²) in [5.41, 5.74) is 0. The zero-order valence-corrected chi connectivity index (χ0v) is 7.13. The van der Waals surface area contributed by atoms with Gasteiger partial charge in [0.15, 0.2) is 0 Å². The first-order valence-corrected chi connectivity index (χ1v) is 3.75. The molecule has 2 nitrogen and oxygen atoms in total. The molecule has 0 saturated carbocycles. The van der Waals surface area contributed by atoms with Crippen molar-refractivity contribution in [2.75, 3.05) is 20.6 Å². The Bertz CT molecular complexity index is 91.3. The molecular formula is C8H17NO. The molecule has 0 fully saturated rings. The number of rotatable bonds is 5. The molecule has 0 saturated heterocycles. The first-order valence-electron chi connectivity index (χ1n) is 3.75. The van der Waals surface area contributed by atoms with Crippen molar-refractivity contribution >= 4 is 6.29 Å². The summed E-state index contributed by atoms with van der Waals surface area (Å²) in [6.45, 7) is 3.19. The SMILES string of the molecule is C[C@H](CC=O)CCN(C)C. The van der Waals surface area contributed by atoms with Crippen LogP contribution in [0.5, 0.6) is 0 Å². The second-order valence-electron chi connectivity index (χ2n) is 3.10. The zero-order chi connectivity index (χ0) is 7.98. The smallest absolute Gasteiger partial charge is 0.120 e. The van der Waals surface area contributed by atoms with Crippen molar-refractivity contribution in [2.45, 2.75) is 19.8 Å². The Labute approximate surface area is 63.2 Å². The van der Waals surface area contributed by atoms with Gasteiger partial charge in [-0.25, -0.2) is 0 Å². The Morgan fingerprint density at radius 2 is 2.10 bits per heavy atom. The van der Waals surface area contributed by atoms with Crippen LogP contribution in [0.25, 0.3) is 0 Å². The Kier molecular flexibility index (Phi) is 5.22. The predicted molar refractivity (Wildman–Crippen MR) is 43.0 cm³/mol. The summed E-state index contributed by atoms with van der Waals surface area (Å²) >= 11 is 0. The maximum absolute atomic E-state index is 10.0. The minimum Gasteiger partial charge on any atom is -0.309 e. The lowest BCUT2D eigenvalue weighted by Crippen LogP contribution is -2.15.